The SMILES string of the molecule is CCOc1c(C)n(S(=O)(=O)c2ccc(Br)cc2)c2ccccc12. The lowest BCUT2D eigenvalue weighted by Gasteiger charge is -2.10. The third-order valence-electron chi connectivity index (χ3n) is 3.64. The van der Waals surface area contributed by atoms with Crippen LogP contribution in [0.5, 0.6) is 5.75 Å². The predicted octanol–water partition coefficient (Wildman–Crippen LogP) is 4.35. The van der Waals surface area contributed by atoms with E-state index in [1.54, 1.807) is 37.3 Å². The summed E-state index contributed by atoms with van der Waals surface area (Å²) in [5.74, 6) is 0.615. The Hall–Kier alpha value is -1.79. The van der Waals surface area contributed by atoms with E-state index in [0.29, 0.717) is 23.6 Å². The maximum atomic E-state index is 13.1. The van der Waals surface area contributed by atoms with Gasteiger partial charge in [0, 0.05) is 9.86 Å². The van der Waals surface area contributed by atoms with E-state index in [1.165, 1.54) is 3.97 Å². The third-order valence-corrected chi connectivity index (χ3v) is 5.99. The number of halogens is 1. The summed E-state index contributed by atoms with van der Waals surface area (Å²) >= 11 is 3.33. The minimum absolute atomic E-state index is 0.243. The van der Waals surface area contributed by atoms with E-state index in [4.69, 9.17) is 4.74 Å². The highest BCUT2D eigenvalue weighted by atomic mass is 79.9. The average Bonchev–Trinajstić information content (AvgIpc) is 2.81. The van der Waals surface area contributed by atoms with Crippen molar-refractivity contribution in [1.29, 1.82) is 0 Å². The summed E-state index contributed by atoms with van der Waals surface area (Å²) in [6.07, 6.45) is 0. The Labute approximate surface area is 143 Å². The van der Waals surface area contributed by atoms with E-state index in [2.05, 4.69) is 15.9 Å². The van der Waals surface area contributed by atoms with Crippen molar-refractivity contribution in [1.82, 2.24) is 3.97 Å². The Kier molecular flexibility index (Phi) is 4.21. The molecule has 0 bridgehead atoms. The van der Waals surface area contributed by atoms with Gasteiger partial charge in [0.05, 0.1) is 22.7 Å². The molecule has 23 heavy (non-hydrogen) atoms. The van der Waals surface area contributed by atoms with Crippen LogP contribution in [0.2, 0.25) is 0 Å². The van der Waals surface area contributed by atoms with Crippen molar-refractivity contribution in [3.63, 3.8) is 0 Å². The normalized spacial score (nSPS) is 11.8. The molecule has 0 unspecified atom stereocenters. The van der Waals surface area contributed by atoms with Gasteiger partial charge in [0.2, 0.25) is 0 Å². The van der Waals surface area contributed by atoms with Gasteiger partial charge >= 0.3 is 0 Å². The first-order valence-corrected chi connectivity index (χ1v) is 9.44. The molecule has 1 heterocycles. The van der Waals surface area contributed by atoms with Gasteiger partial charge in [0.25, 0.3) is 10.0 Å². The second-order valence-corrected chi connectivity index (χ2v) is 7.79. The van der Waals surface area contributed by atoms with Crippen molar-refractivity contribution in [2.75, 3.05) is 6.61 Å². The molecule has 120 valence electrons. The van der Waals surface area contributed by atoms with Gasteiger partial charge in [0.15, 0.2) is 0 Å². The molecule has 4 nitrogen and oxygen atoms in total. The Morgan fingerprint density at radius 2 is 1.74 bits per heavy atom. The van der Waals surface area contributed by atoms with Crippen LogP contribution in [0.1, 0.15) is 12.6 Å². The van der Waals surface area contributed by atoms with Crippen molar-refractivity contribution in [2.45, 2.75) is 18.7 Å². The summed E-state index contributed by atoms with van der Waals surface area (Å²) in [4.78, 5) is 0.243. The van der Waals surface area contributed by atoms with Crippen LogP contribution >= 0.6 is 15.9 Å². The van der Waals surface area contributed by atoms with Crippen LogP contribution in [-0.2, 0) is 10.0 Å². The molecular weight excluding hydrogens is 378 g/mol. The van der Waals surface area contributed by atoms with Crippen molar-refractivity contribution >= 4 is 36.9 Å². The van der Waals surface area contributed by atoms with Crippen molar-refractivity contribution in [3.05, 3.63) is 58.7 Å². The van der Waals surface area contributed by atoms with Crippen molar-refractivity contribution in [3.8, 4) is 5.75 Å². The topological polar surface area (TPSA) is 48.3 Å². The number of aromatic nitrogens is 1. The van der Waals surface area contributed by atoms with E-state index in [9.17, 15) is 8.42 Å². The molecule has 0 aliphatic heterocycles. The molecule has 1 aromatic heterocycles. The molecular formula is C17H16BrNO3S. The number of benzene rings is 2. The van der Waals surface area contributed by atoms with Gasteiger partial charge in [-0.15, -0.1) is 0 Å². The van der Waals surface area contributed by atoms with Crippen molar-refractivity contribution in [2.24, 2.45) is 0 Å². The minimum Gasteiger partial charge on any atom is -0.491 e. The summed E-state index contributed by atoms with van der Waals surface area (Å²) in [5, 5.41) is 0.799. The average molecular weight is 394 g/mol. The number of nitrogens with zero attached hydrogens (tertiary/aromatic N) is 1. The zero-order valence-electron chi connectivity index (χ0n) is 12.8. The van der Waals surface area contributed by atoms with E-state index < -0.39 is 10.0 Å². The van der Waals surface area contributed by atoms with E-state index in [0.717, 1.165) is 9.86 Å². The van der Waals surface area contributed by atoms with Gasteiger partial charge in [-0.3, -0.25) is 0 Å². The monoisotopic (exact) mass is 393 g/mol. The number of hydrogen-bond donors (Lipinski definition) is 0. The van der Waals surface area contributed by atoms with Crippen LogP contribution in [0, 0.1) is 6.92 Å². The Balaban J connectivity index is 2.31. The second kappa shape index (κ2) is 6.02. The Morgan fingerprint density at radius 3 is 2.39 bits per heavy atom. The number of hydrogen-bond acceptors (Lipinski definition) is 3. The van der Waals surface area contributed by atoms with Crippen molar-refractivity contribution < 1.29 is 13.2 Å². The predicted molar refractivity (Wildman–Crippen MR) is 94.6 cm³/mol. The van der Waals surface area contributed by atoms with Crippen LogP contribution in [0.3, 0.4) is 0 Å². The zero-order chi connectivity index (χ0) is 16.6. The summed E-state index contributed by atoms with van der Waals surface area (Å²) in [6, 6.07) is 14.0. The quantitative estimate of drug-likeness (QED) is 0.661. The molecule has 2 aromatic carbocycles. The standard InChI is InChI=1S/C17H16BrNO3S/c1-3-22-17-12(2)19(16-7-5-4-6-15(16)17)23(20,21)14-10-8-13(18)9-11-14/h4-11H,3H2,1-2H3. The number of para-hydroxylation sites is 1. The molecule has 0 amide bonds. The minimum atomic E-state index is -3.69. The number of fused-ring (bicyclic) bond motifs is 1. The van der Waals surface area contributed by atoms with E-state index in [-0.39, 0.29) is 4.90 Å². The fourth-order valence-corrected chi connectivity index (χ4v) is 4.48. The zero-order valence-corrected chi connectivity index (χ0v) is 15.2. The van der Waals surface area contributed by atoms with Gasteiger partial charge in [-0.2, -0.15) is 0 Å². The highest BCUT2D eigenvalue weighted by Gasteiger charge is 2.25. The highest BCUT2D eigenvalue weighted by Crippen LogP contribution is 2.35. The molecule has 6 heteroatoms. The molecule has 0 aliphatic carbocycles. The lowest BCUT2D eigenvalue weighted by Crippen LogP contribution is -2.14. The molecule has 3 aromatic rings. The van der Waals surface area contributed by atoms with Crippen LogP contribution in [0.4, 0.5) is 0 Å². The fourth-order valence-electron chi connectivity index (χ4n) is 2.66. The fraction of sp³-hybridized carbons (Fsp3) is 0.176. The van der Waals surface area contributed by atoms with Gasteiger partial charge in [-0.05, 0) is 50.2 Å². The van der Waals surface area contributed by atoms with Crippen LogP contribution in [-0.4, -0.2) is 19.0 Å². The van der Waals surface area contributed by atoms with Gasteiger partial charge < -0.3 is 4.74 Å². The van der Waals surface area contributed by atoms with Crippen LogP contribution < -0.4 is 4.74 Å². The maximum absolute atomic E-state index is 13.1. The van der Waals surface area contributed by atoms with Gasteiger partial charge in [-0.25, -0.2) is 12.4 Å². The number of ether oxygens (including phenoxy) is 1. The summed E-state index contributed by atoms with van der Waals surface area (Å²) in [7, 11) is -3.69. The molecule has 0 radical (unpaired) electrons. The second-order valence-electron chi connectivity index (χ2n) is 5.09. The molecule has 3 rings (SSSR count). The number of rotatable bonds is 4. The smallest absolute Gasteiger partial charge is 0.268 e. The largest absolute Gasteiger partial charge is 0.491 e. The molecule has 0 saturated heterocycles. The maximum Gasteiger partial charge on any atom is 0.268 e. The summed E-state index contributed by atoms with van der Waals surface area (Å²) in [6.45, 7) is 4.13. The molecule has 0 saturated carbocycles. The summed E-state index contributed by atoms with van der Waals surface area (Å²) in [5.41, 5.74) is 1.20. The first-order chi connectivity index (χ1) is 11.0. The lowest BCUT2D eigenvalue weighted by atomic mass is 10.2. The molecule has 0 atom stereocenters. The van der Waals surface area contributed by atoms with E-state index in [1.807, 2.05) is 25.1 Å². The molecule has 0 fully saturated rings. The first-order valence-electron chi connectivity index (χ1n) is 7.20. The van der Waals surface area contributed by atoms with Crippen LogP contribution in [0.25, 0.3) is 10.9 Å². The molecule has 0 aliphatic rings. The first kappa shape index (κ1) is 16.1. The molecule has 0 N–H and O–H groups in total. The third kappa shape index (κ3) is 2.66. The highest BCUT2D eigenvalue weighted by molar-refractivity contribution is 9.10. The Bertz CT molecular complexity index is 959. The Morgan fingerprint density at radius 1 is 1.09 bits per heavy atom. The van der Waals surface area contributed by atoms with E-state index >= 15 is 0 Å². The molecule has 0 spiro atoms. The van der Waals surface area contributed by atoms with Gasteiger partial charge in [-0.1, -0.05) is 28.1 Å². The van der Waals surface area contributed by atoms with Gasteiger partial charge in [0.1, 0.15) is 5.75 Å². The van der Waals surface area contributed by atoms with Crippen LogP contribution in [0.15, 0.2) is 57.9 Å². The summed E-state index contributed by atoms with van der Waals surface area (Å²) < 4.78 is 34.1. The lowest BCUT2D eigenvalue weighted by molar-refractivity contribution is 0.341.